The fraction of sp³-hybridized carbons (Fsp3) is 0.125. The van der Waals surface area contributed by atoms with Crippen LogP contribution in [0.3, 0.4) is 0 Å². The average molecular weight is 254 g/mol. The normalized spacial score (nSPS) is 11.8. The molecule has 0 aliphatic rings. The zero-order chi connectivity index (χ0) is 13.8. The molecule has 0 heterocycles. The topological polar surface area (TPSA) is 54.4 Å². The van der Waals surface area contributed by atoms with Crippen molar-refractivity contribution in [2.75, 3.05) is 0 Å². The van der Waals surface area contributed by atoms with Crippen LogP contribution in [0.4, 0.5) is 0 Å². The molecule has 3 heteroatoms. The summed E-state index contributed by atoms with van der Waals surface area (Å²) in [4.78, 5) is 23.5. The van der Waals surface area contributed by atoms with Crippen molar-refractivity contribution in [1.82, 2.24) is 0 Å². The highest BCUT2D eigenvalue weighted by atomic mass is 16.4. The summed E-state index contributed by atoms with van der Waals surface area (Å²) in [7, 11) is 0. The maximum atomic E-state index is 12.3. The highest BCUT2D eigenvalue weighted by Crippen LogP contribution is 2.23. The van der Waals surface area contributed by atoms with E-state index in [1.54, 1.807) is 49.4 Å². The van der Waals surface area contributed by atoms with Gasteiger partial charge < -0.3 is 5.11 Å². The number of Topliss-reactive ketones (excluding diaryl/α,β-unsaturated/α-hetero) is 1. The first-order chi connectivity index (χ1) is 9.11. The fourth-order valence-electron chi connectivity index (χ4n) is 2.06. The van der Waals surface area contributed by atoms with E-state index in [0.717, 1.165) is 0 Å². The molecule has 0 saturated heterocycles. The van der Waals surface area contributed by atoms with Gasteiger partial charge in [0.15, 0.2) is 5.78 Å². The molecule has 0 saturated carbocycles. The Morgan fingerprint density at radius 3 is 2.16 bits per heavy atom. The van der Waals surface area contributed by atoms with Crippen molar-refractivity contribution in [3.8, 4) is 0 Å². The summed E-state index contributed by atoms with van der Waals surface area (Å²) in [6, 6.07) is 15.5. The molecule has 2 rings (SSSR count). The summed E-state index contributed by atoms with van der Waals surface area (Å²) in [6.07, 6.45) is 0. The van der Waals surface area contributed by atoms with E-state index in [4.69, 9.17) is 5.11 Å². The van der Waals surface area contributed by atoms with E-state index in [1.165, 1.54) is 6.07 Å². The van der Waals surface area contributed by atoms with E-state index in [2.05, 4.69) is 0 Å². The van der Waals surface area contributed by atoms with E-state index in [9.17, 15) is 9.59 Å². The Kier molecular flexibility index (Phi) is 3.76. The SMILES string of the molecule is CC(C(=O)c1ccccc1)c1ccccc1C(=O)O. The van der Waals surface area contributed by atoms with Crippen molar-refractivity contribution in [3.05, 3.63) is 71.3 Å². The van der Waals surface area contributed by atoms with Gasteiger partial charge in [0, 0.05) is 11.5 Å². The lowest BCUT2D eigenvalue weighted by Gasteiger charge is -2.13. The zero-order valence-electron chi connectivity index (χ0n) is 10.5. The number of carbonyl (C=O) groups excluding carboxylic acids is 1. The lowest BCUT2D eigenvalue weighted by Crippen LogP contribution is -2.13. The van der Waals surface area contributed by atoms with Gasteiger partial charge in [0.25, 0.3) is 0 Å². The van der Waals surface area contributed by atoms with Crippen LogP contribution in [0, 0.1) is 0 Å². The van der Waals surface area contributed by atoms with E-state index in [-0.39, 0.29) is 11.3 Å². The second-order valence-corrected chi connectivity index (χ2v) is 4.34. The summed E-state index contributed by atoms with van der Waals surface area (Å²) in [5.41, 5.74) is 1.32. The highest BCUT2D eigenvalue weighted by molar-refractivity contribution is 6.02. The lowest BCUT2D eigenvalue weighted by molar-refractivity contribution is 0.0695. The smallest absolute Gasteiger partial charge is 0.335 e. The van der Waals surface area contributed by atoms with Crippen molar-refractivity contribution >= 4 is 11.8 Å². The lowest BCUT2D eigenvalue weighted by atomic mass is 9.89. The zero-order valence-corrected chi connectivity index (χ0v) is 10.5. The highest BCUT2D eigenvalue weighted by Gasteiger charge is 2.21. The predicted molar refractivity (Wildman–Crippen MR) is 72.6 cm³/mol. The van der Waals surface area contributed by atoms with Crippen molar-refractivity contribution < 1.29 is 14.7 Å². The number of hydrogen-bond donors (Lipinski definition) is 1. The summed E-state index contributed by atoms with van der Waals surface area (Å²) in [5.74, 6) is -1.56. The molecule has 0 radical (unpaired) electrons. The molecular formula is C16H14O3. The van der Waals surface area contributed by atoms with Gasteiger partial charge in [0.1, 0.15) is 0 Å². The number of benzene rings is 2. The Morgan fingerprint density at radius 1 is 0.947 bits per heavy atom. The second-order valence-electron chi connectivity index (χ2n) is 4.34. The standard InChI is InChI=1S/C16H14O3/c1-11(15(17)12-7-3-2-4-8-12)13-9-5-6-10-14(13)16(18)19/h2-11H,1H3,(H,18,19). The molecule has 0 aliphatic heterocycles. The maximum Gasteiger partial charge on any atom is 0.335 e. The van der Waals surface area contributed by atoms with Crippen molar-refractivity contribution in [2.45, 2.75) is 12.8 Å². The molecule has 0 aromatic heterocycles. The van der Waals surface area contributed by atoms with Crippen LogP contribution in [-0.4, -0.2) is 16.9 Å². The van der Waals surface area contributed by atoms with Crippen LogP contribution in [0.5, 0.6) is 0 Å². The first kappa shape index (κ1) is 13.0. The molecule has 0 fully saturated rings. The van der Waals surface area contributed by atoms with E-state index in [1.807, 2.05) is 6.07 Å². The van der Waals surface area contributed by atoms with Crippen molar-refractivity contribution in [2.24, 2.45) is 0 Å². The van der Waals surface area contributed by atoms with Gasteiger partial charge in [-0.2, -0.15) is 0 Å². The Hall–Kier alpha value is -2.42. The van der Waals surface area contributed by atoms with Gasteiger partial charge in [0.05, 0.1) is 5.56 Å². The van der Waals surface area contributed by atoms with Crippen LogP contribution in [0.25, 0.3) is 0 Å². The van der Waals surface area contributed by atoms with Crippen LogP contribution in [-0.2, 0) is 0 Å². The minimum Gasteiger partial charge on any atom is -0.478 e. The van der Waals surface area contributed by atoms with Gasteiger partial charge in [-0.05, 0) is 11.6 Å². The van der Waals surface area contributed by atoms with Gasteiger partial charge in [-0.1, -0.05) is 55.5 Å². The fourth-order valence-corrected chi connectivity index (χ4v) is 2.06. The Balaban J connectivity index is 2.38. The van der Waals surface area contributed by atoms with Crippen LogP contribution in [0.1, 0.15) is 39.1 Å². The minimum absolute atomic E-state index is 0.0747. The predicted octanol–water partition coefficient (Wildman–Crippen LogP) is 3.37. The molecule has 3 nitrogen and oxygen atoms in total. The second kappa shape index (κ2) is 5.48. The molecule has 0 bridgehead atoms. The third-order valence-corrected chi connectivity index (χ3v) is 3.11. The van der Waals surface area contributed by atoms with Crippen molar-refractivity contribution in [1.29, 1.82) is 0 Å². The van der Waals surface area contributed by atoms with Crippen LogP contribution < -0.4 is 0 Å². The Bertz CT molecular complexity index is 602. The first-order valence-electron chi connectivity index (χ1n) is 6.02. The summed E-state index contributed by atoms with van der Waals surface area (Å²) in [5, 5.41) is 9.16. The maximum absolute atomic E-state index is 12.3. The quantitative estimate of drug-likeness (QED) is 0.851. The van der Waals surface area contributed by atoms with Gasteiger partial charge in [-0.3, -0.25) is 4.79 Å². The molecule has 1 atom stereocenters. The number of carboxylic acids is 1. The average Bonchev–Trinajstić information content (AvgIpc) is 2.46. The number of carbonyl (C=O) groups is 2. The summed E-state index contributed by atoms with van der Waals surface area (Å²) < 4.78 is 0. The molecule has 2 aromatic rings. The molecular weight excluding hydrogens is 240 g/mol. The number of rotatable bonds is 4. The molecule has 0 amide bonds. The van der Waals surface area contributed by atoms with Gasteiger partial charge >= 0.3 is 5.97 Å². The van der Waals surface area contributed by atoms with Crippen LogP contribution in [0.2, 0.25) is 0 Å². The largest absolute Gasteiger partial charge is 0.478 e. The van der Waals surface area contributed by atoms with E-state index >= 15 is 0 Å². The Morgan fingerprint density at radius 2 is 1.53 bits per heavy atom. The van der Waals surface area contributed by atoms with E-state index < -0.39 is 11.9 Å². The number of carboxylic acid groups (broad SMARTS) is 1. The summed E-state index contributed by atoms with van der Waals surface area (Å²) >= 11 is 0. The number of hydrogen-bond acceptors (Lipinski definition) is 2. The first-order valence-corrected chi connectivity index (χ1v) is 6.02. The number of aromatic carboxylic acids is 1. The molecule has 0 aliphatic carbocycles. The number of ketones is 1. The minimum atomic E-state index is -1.01. The molecule has 0 spiro atoms. The van der Waals surface area contributed by atoms with Gasteiger partial charge in [0.2, 0.25) is 0 Å². The third-order valence-electron chi connectivity index (χ3n) is 3.11. The molecule has 19 heavy (non-hydrogen) atoms. The molecule has 1 N–H and O–H groups in total. The van der Waals surface area contributed by atoms with Crippen molar-refractivity contribution in [3.63, 3.8) is 0 Å². The molecule has 2 aromatic carbocycles. The Labute approximate surface area is 111 Å². The van der Waals surface area contributed by atoms with E-state index in [0.29, 0.717) is 11.1 Å². The van der Waals surface area contributed by atoms with Gasteiger partial charge in [-0.15, -0.1) is 0 Å². The van der Waals surface area contributed by atoms with Gasteiger partial charge in [-0.25, -0.2) is 4.79 Å². The third kappa shape index (κ3) is 2.71. The van der Waals surface area contributed by atoms with Crippen LogP contribution in [0.15, 0.2) is 54.6 Å². The molecule has 96 valence electrons. The monoisotopic (exact) mass is 254 g/mol. The molecule has 1 unspecified atom stereocenters. The summed E-state index contributed by atoms with van der Waals surface area (Å²) in [6.45, 7) is 1.73. The van der Waals surface area contributed by atoms with Crippen LogP contribution >= 0.6 is 0 Å².